The van der Waals surface area contributed by atoms with Crippen molar-refractivity contribution >= 4 is 17.5 Å². The van der Waals surface area contributed by atoms with Crippen molar-refractivity contribution in [3.63, 3.8) is 0 Å². The average molecular weight is 274 g/mol. The number of likely N-dealkylation sites (N-methyl/N-ethyl adjacent to an activating group) is 2. The van der Waals surface area contributed by atoms with Gasteiger partial charge in [-0.3, -0.25) is 19.3 Å². The summed E-state index contributed by atoms with van der Waals surface area (Å²) < 4.78 is 0. The fourth-order valence-corrected chi connectivity index (χ4v) is 1.67. The van der Waals surface area contributed by atoms with Crippen molar-refractivity contribution in [1.29, 1.82) is 0 Å². The number of Topliss-reactive ketones (excluding diaryl/α,β-unsaturated/α-hetero) is 2. The highest BCUT2D eigenvalue weighted by Crippen LogP contribution is 2.00. The van der Waals surface area contributed by atoms with Crippen molar-refractivity contribution in [2.45, 2.75) is 33.7 Å². The molecule has 0 radical (unpaired) electrons. The Labute approximate surface area is 115 Å². The first-order chi connectivity index (χ1) is 8.61. The number of carbonyl (C=O) groups is 3. The number of carboxylic acids is 1. The van der Waals surface area contributed by atoms with Crippen molar-refractivity contribution < 1.29 is 19.5 Å². The van der Waals surface area contributed by atoms with Crippen molar-refractivity contribution in [1.82, 2.24) is 10.2 Å². The van der Waals surface area contributed by atoms with E-state index in [-0.39, 0.29) is 30.7 Å². The molecule has 0 aliphatic heterocycles. The monoisotopic (exact) mass is 274 g/mol. The Hall–Kier alpha value is -1.27. The first-order valence-electron chi connectivity index (χ1n) is 6.19. The van der Waals surface area contributed by atoms with E-state index in [4.69, 9.17) is 5.11 Å². The molecule has 19 heavy (non-hydrogen) atoms. The summed E-state index contributed by atoms with van der Waals surface area (Å²) in [6.07, 6.45) is 0. The van der Waals surface area contributed by atoms with E-state index < -0.39 is 5.97 Å². The minimum absolute atomic E-state index is 0.0243. The highest BCUT2D eigenvalue weighted by Gasteiger charge is 2.14. The minimum Gasteiger partial charge on any atom is -0.480 e. The summed E-state index contributed by atoms with van der Waals surface area (Å²) in [7, 11) is 3.40. The van der Waals surface area contributed by atoms with Crippen LogP contribution in [0.4, 0.5) is 0 Å². The van der Waals surface area contributed by atoms with E-state index in [9.17, 15) is 14.4 Å². The molecule has 0 spiro atoms. The number of nitrogens with zero attached hydrogens (tertiary/aromatic N) is 1. The Kier molecular flexibility index (Phi) is 11.2. The second kappa shape index (κ2) is 10.6. The third kappa shape index (κ3) is 13.0. The van der Waals surface area contributed by atoms with Gasteiger partial charge in [-0.25, -0.2) is 0 Å². The molecule has 0 heterocycles. The maximum Gasteiger partial charge on any atom is 0.317 e. The number of rotatable bonds is 7. The van der Waals surface area contributed by atoms with E-state index in [1.165, 1.54) is 11.8 Å². The highest BCUT2D eigenvalue weighted by molar-refractivity contribution is 5.81. The molecule has 0 amide bonds. The van der Waals surface area contributed by atoms with Gasteiger partial charge in [0, 0.05) is 0 Å². The van der Waals surface area contributed by atoms with Gasteiger partial charge in [-0.2, -0.15) is 0 Å². The van der Waals surface area contributed by atoms with Crippen molar-refractivity contribution in [2.24, 2.45) is 5.92 Å². The van der Waals surface area contributed by atoms with Crippen molar-refractivity contribution in [3.8, 4) is 0 Å². The molecule has 6 heteroatoms. The number of aliphatic carboxylic acids is 1. The van der Waals surface area contributed by atoms with Gasteiger partial charge in [0.2, 0.25) is 0 Å². The molecule has 1 atom stereocenters. The molecular formula is C13H26N2O4. The van der Waals surface area contributed by atoms with Crippen LogP contribution in [0.3, 0.4) is 0 Å². The molecule has 0 aliphatic rings. The maximum absolute atomic E-state index is 10.8. The van der Waals surface area contributed by atoms with Crippen LogP contribution >= 0.6 is 0 Å². The maximum atomic E-state index is 10.8. The molecule has 112 valence electrons. The molecule has 0 aromatic carbocycles. The summed E-state index contributed by atoms with van der Waals surface area (Å²) in [5, 5.41) is 11.2. The lowest BCUT2D eigenvalue weighted by atomic mass is 10.0. The smallest absolute Gasteiger partial charge is 0.317 e. The van der Waals surface area contributed by atoms with E-state index in [1.54, 1.807) is 14.0 Å². The van der Waals surface area contributed by atoms with Gasteiger partial charge in [0.15, 0.2) is 0 Å². The topological polar surface area (TPSA) is 86.7 Å². The Morgan fingerprint density at radius 3 is 1.79 bits per heavy atom. The quantitative estimate of drug-likeness (QED) is 0.699. The van der Waals surface area contributed by atoms with Crippen LogP contribution in [-0.2, 0) is 14.4 Å². The summed E-state index contributed by atoms with van der Waals surface area (Å²) in [4.78, 5) is 32.6. The van der Waals surface area contributed by atoms with Gasteiger partial charge in [0.25, 0.3) is 0 Å². The van der Waals surface area contributed by atoms with Crippen molar-refractivity contribution in [3.05, 3.63) is 0 Å². The van der Waals surface area contributed by atoms with E-state index in [1.807, 2.05) is 20.9 Å². The first kappa shape index (κ1) is 20.1. The van der Waals surface area contributed by atoms with Crippen molar-refractivity contribution in [2.75, 3.05) is 27.2 Å². The molecule has 0 aliphatic carbocycles. The number of carbonyl (C=O) groups excluding carboxylic acids is 2. The lowest BCUT2D eigenvalue weighted by Gasteiger charge is -2.15. The van der Waals surface area contributed by atoms with E-state index in [0.29, 0.717) is 5.92 Å². The lowest BCUT2D eigenvalue weighted by molar-refractivity contribution is -0.138. The third-order valence-electron chi connectivity index (χ3n) is 2.31. The van der Waals surface area contributed by atoms with Crippen LogP contribution in [0, 0.1) is 5.92 Å². The average Bonchev–Trinajstić information content (AvgIpc) is 2.14. The zero-order valence-electron chi connectivity index (χ0n) is 12.7. The molecule has 0 rings (SSSR count). The lowest BCUT2D eigenvalue weighted by Crippen LogP contribution is -2.36. The third-order valence-corrected chi connectivity index (χ3v) is 2.31. The molecule has 0 fully saturated rings. The standard InChI is InChI=1S/C7H15NO.C6H11NO3/c1-5(2)7(8-4)6(3)9;1-5(8)3-7(2)4-6(9)10/h5,7-8H,1-4H3;3-4H2,1-2H3,(H,9,10). The second-order valence-corrected chi connectivity index (χ2v) is 4.89. The SMILES string of the molecule is CC(=O)CN(C)CC(=O)O.CNC(C(C)=O)C(C)C. The Morgan fingerprint density at radius 1 is 1.16 bits per heavy atom. The van der Waals surface area contributed by atoms with E-state index in [0.717, 1.165) is 0 Å². The predicted octanol–water partition coefficient (Wildman–Crippen LogP) is 0.411. The van der Waals surface area contributed by atoms with Crippen LogP contribution in [0.5, 0.6) is 0 Å². The van der Waals surface area contributed by atoms with Crippen LogP contribution in [-0.4, -0.2) is 60.8 Å². The molecular weight excluding hydrogens is 248 g/mol. The molecule has 0 aromatic rings. The van der Waals surface area contributed by atoms with Crippen LogP contribution in [0.1, 0.15) is 27.7 Å². The Balaban J connectivity index is 0. The molecule has 0 saturated carbocycles. The summed E-state index contributed by atoms with van der Waals surface area (Å²) in [6.45, 7) is 7.22. The zero-order valence-corrected chi connectivity index (χ0v) is 12.7. The summed E-state index contributed by atoms with van der Waals surface area (Å²) in [6, 6.07) is 0.0324. The summed E-state index contributed by atoms with van der Waals surface area (Å²) in [5.41, 5.74) is 0. The minimum atomic E-state index is -0.913. The number of hydrogen-bond acceptors (Lipinski definition) is 5. The van der Waals surface area contributed by atoms with Crippen LogP contribution < -0.4 is 5.32 Å². The fourth-order valence-electron chi connectivity index (χ4n) is 1.67. The Bertz CT molecular complexity index is 287. The van der Waals surface area contributed by atoms with Gasteiger partial charge < -0.3 is 10.4 Å². The number of carboxylic acid groups (broad SMARTS) is 1. The van der Waals surface area contributed by atoms with Gasteiger partial charge in [0.1, 0.15) is 11.6 Å². The molecule has 0 aromatic heterocycles. The van der Waals surface area contributed by atoms with E-state index >= 15 is 0 Å². The van der Waals surface area contributed by atoms with Gasteiger partial charge in [0.05, 0.1) is 19.1 Å². The normalized spacial score (nSPS) is 11.8. The molecule has 2 N–H and O–H groups in total. The number of hydrogen-bond donors (Lipinski definition) is 2. The summed E-state index contributed by atoms with van der Waals surface area (Å²) in [5.74, 6) is -0.326. The fraction of sp³-hybridized carbons (Fsp3) is 0.769. The van der Waals surface area contributed by atoms with E-state index in [2.05, 4.69) is 5.32 Å². The molecule has 0 saturated heterocycles. The highest BCUT2D eigenvalue weighted by atomic mass is 16.4. The first-order valence-corrected chi connectivity index (χ1v) is 6.19. The van der Waals surface area contributed by atoms with Gasteiger partial charge in [-0.15, -0.1) is 0 Å². The van der Waals surface area contributed by atoms with Gasteiger partial charge >= 0.3 is 5.97 Å². The second-order valence-electron chi connectivity index (χ2n) is 4.89. The molecule has 6 nitrogen and oxygen atoms in total. The zero-order chi connectivity index (χ0) is 15.6. The van der Waals surface area contributed by atoms with Crippen LogP contribution in [0.15, 0.2) is 0 Å². The number of ketones is 2. The molecule has 1 unspecified atom stereocenters. The largest absolute Gasteiger partial charge is 0.480 e. The Morgan fingerprint density at radius 2 is 1.63 bits per heavy atom. The van der Waals surface area contributed by atoms with Crippen LogP contribution in [0.2, 0.25) is 0 Å². The number of nitrogens with one attached hydrogen (secondary N) is 1. The van der Waals surface area contributed by atoms with Gasteiger partial charge in [-0.1, -0.05) is 13.8 Å². The predicted molar refractivity (Wildman–Crippen MR) is 74.2 cm³/mol. The van der Waals surface area contributed by atoms with Gasteiger partial charge in [-0.05, 0) is 33.9 Å². The molecule has 0 bridgehead atoms. The summed E-state index contributed by atoms with van der Waals surface area (Å²) >= 11 is 0. The van der Waals surface area contributed by atoms with Crippen LogP contribution in [0.25, 0.3) is 0 Å².